The molecule has 0 unspecified atom stereocenters. The number of benzene rings is 1. The topological polar surface area (TPSA) is 82.1 Å². The number of amides is 1. The number of aromatic nitrogens is 4. The molecule has 0 aliphatic carbocycles. The van der Waals surface area contributed by atoms with E-state index in [1.54, 1.807) is 24.7 Å². The Bertz CT molecular complexity index is 1180. The number of nitrogens with zero attached hydrogens (tertiary/aromatic N) is 5. The quantitative estimate of drug-likeness (QED) is 0.606. The fourth-order valence-corrected chi connectivity index (χ4v) is 3.39. The molecule has 0 fully saturated rings. The van der Waals surface area contributed by atoms with E-state index in [2.05, 4.69) is 4.98 Å². The van der Waals surface area contributed by atoms with Crippen molar-refractivity contribution < 1.29 is 9.18 Å². The number of carbonyl (C=O) groups excluding carboxylic acids is 1. The second-order valence-electron chi connectivity index (χ2n) is 6.87. The van der Waals surface area contributed by atoms with Gasteiger partial charge >= 0.3 is 5.69 Å². The van der Waals surface area contributed by atoms with Crippen LogP contribution in [-0.4, -0.2) is 36.5 Å². The maximum atomic E-state index is 13.9. The summed E-state index contributed by atoms with van der Waals surface area (Å²) in [5.74, 6) is -0.627. The maximum Gasteiger partial charge on any atom is 0.332 e. The van der Waals surface area contributed by atoms with Crippen LogP contribution in [0.3, 0.4) is 0 Å². The highest BCUT2D eigenvalue weighted by atomic mass is 35.5. The summed E-state index contributed by atoms with van der Waals surface area (Å²) >= 11 is 6.01. The third kappa shape index (κ3) is 3.95. The van der Waals surface area contributed by atoms with Crippen LogP contribution in [0.1, 0.15) is 18.4 Å². The molecule has 0 saturated carbocycles. The first kappa shape index (κ1) is 20.8. The molecule has 154 valence electrons. The highest BCUT2D eigenvalue weighted by Crippen LogP contribution is 2.20. The van der Waals surface area contributed by atoms with Crippen molar-refractivity contribution in [2.24, 2.45) is 14.1 Å². The van der Waals surface area contributed by atoms with Gasteiger partial charge in [0, 0.05) is 51.2 Å². The van der Waals surface area contributed by atoms with Crippen LogP contribution in [0.25, 0.3) is 11.2 Å². The molecule has 3 aromatic rings. The number of halogens is 2. The summed E-state index contributed by atoms with van der Waals surface area (Å²) in [6.07, 6.45) is 2.14. The summed E-state index contributed by atoms with van der Waals surface area (Å²) in [5, 5.41) is 0.274. The van der Waals surface area contributed by atoms with E-state index in [1.807, 2.05) is 0 Å². The Balaban J connectivity index is 1.68. The molecule has 2 heterocycles. The van der Waals surface area contributed by atoms with E-state index in [-0.39, 0.29) is 29.5 Å². The lowest BCUT2D eigenvalue weighted by Gasteiger charge is -2.18. The fourth-order valence-electron chi connectivity index (χ4n) is 3.17. The van der Waals surface area contributed by atoms with Crippen molar-refractivity contribution in [3.05, 3.63) is 61.8 Å². The first-order valence-electron chi connectivity index (χ1n) is 9.00. The molecule has 0 aliphatic heterocycles. The van der Waals surface area contributed by atoms with E-state index in [1.165, 1.54) is 35.0 Å². The number of hydrogen-bond acceptors (Lipinski definition) is 4. The predicted octanol–water partition coefficient (Wildman–Crippen LogP) is 1.66. The van der Waals surface area contributed by atoms with E-state index in [0.717, 1.165) is 4.57 Å². The lowest BCUT2D eigenvalue weighted by Crippen LogP contribution is -2.37. The van der Waals surface area contributed by atoms with Crippen LogP contribution in [0.2, 0.25) is 5.02 Å². The Morgan fingerprint density at radius 1 is 1.24 bits per heavy atom. The lowest BCUT2D eigenvalue weighted by atomic mass is 10.2. The van der Waals surface area contributed by atoms with Crippen LogP contribution in [-0.2, 0) is 32.0 Å². The standard InChI is InChI=1S/C19H21ClFN5O3/c1-23(10-12-13(20)6-4-7-14(12)21)15(27)8-5-9-26-11-22-17-16(26)18(28)25(3)19(29)24(17)2/h4,6-7,11H,5,8-10H2,1-3H3. The molecule has 0 radical (unpaired) electrons. The zero-order valence-electron chi connectivity index (χ0n) is 16.4. The second-order valence-corrected chi connectivity index (χ2v) is 7.28. The van der Waals surface area contributed by atoms with Gasteiger partial charge in [-0.25, -0.2) is 14.2 Å². The molecule has 1 aromatic carbocycles. The molecule has 3 rings (SSSR count). The molecule has 8 nitrogen and oxygen atoms in total. The molecule has 0 atom stereocenters. The Hall–Kier alpha value is -2.94. The zero-order chi connectivity index (χ0) is 21.3. The summed E-state index contributed by atoms with van der Waals surface area (Å²) in [6, 6.07) is 4.40. The normalized spacial score (nSPS) is 11.2. The smallest absolute Gasteiger partial charge is 0.332 e. The van der Waals surface area contributed by atoms with E-state index in [4.69, 9.17) is 11.6 Å². The first-order valence-corrected chi connectivity index (χ1v) is 9.38. The number of carbonyl (C=O) groups is 1. The lowest BCUT2D eigenvalue weighted by molar-refractivity contribution is -0.130. The summed E-state index contributed by atoms with van der Waals surface area (Å²) in [4.78, 5) is 42.4. The Kier molecular flexibility index (Phi) is 5.88. The molecular weight excluding hydrogens is 401 g/mol. The van der Waals surface area contributed by atoms with Crippen LogP contribution in [0.4, 0.5) is 4.39 Å². The second kappa shape index (κ2) is 8.20. The van der Waals surface area contributed by atoms with Crippen molar-refractivity contribution in [2.75, 3.05) is 7.05 Å². The van der Waals surface area contributed by atoms with E-state index >= 15 is 0 Å². The Labute approximate surface area is 170 Å². The van der Waals surface area contributed by atoms with Crippen molar-refractivity contribution in [3.8, 4) is 0 Å². The summed E-state index contributed by atoms with van der Waals surface area (Å²) in [6.45, 7) is 0.449. The molecule has 0 spiro atoms. The third-order valence-electron chi connectivity index (χ3n) is 4.89. The van der Waals surface area contributed by atoms with Crippen molar-refractivity contribution in [1.82, 2.24) is 23.6 Å². The van der Waals surface area contributed by atoms with Gasteiger partial charge in [-0.15, -0.1) is 0 Å². The molecule has 29 heavy (non-hydrogen) atoms. The highest BCUT2D eigenvalue weighted by Gasteiger charge is 2.16. The molecule has 0 aliphatic rings. The van der Waals surface area contributed by atoms with Gasteiger partial charge in [0.15, 0.2) is 11.2 Å². The van der Waals surface area contributed by atoms with Crippen molar-refractivity contribution in [2.45, 2.75) is 25.9 Å². The number of aryl methyl sites for hydroxylation is 2. The van der Waals surface area contributed by atoms with Crippen molar-refractivity contribution >= 4 is 28.7 Å². The third-order valence-corrected chi connectivity index (χ3v) is 5.24. The average Bonchev–Trinajstić information content (AvgIpc) is 3.11. The van der Waals surface area contributed by atoms with Crippen molar-refractivity contribution in [3.63, 3.8) is 0 Å². The minimum Gasteiger partial charge on any atom is -0.341 e. The van der Waals surface area contributed by atoms with Crippen LogP contribution >= 0.6 is 11.6 Å². The van der Waals surface area contributed by atoms with Gasteiger partial charge in [-0.05, 0) is 18.6 Å². The molecular formula is C19H21ClFN5O3. The van der Waals surface area contributed by atoms with Gasteiger partial charge in [0.1, 0.15) is 5.82 Å². The van der Waals surface area contributed by atoms with Gasteiger partial charge in [0.25, 0.3) is 5.56 Å². The van der Waals surface area contributed by atoms with Gasteiger partial charge in [0.05, 0.1) is 6.33 Å². The highest BCUT2D eigenvalue weighted by molar-refractivity contribution is 6.31. The van der Waals surface area contributed by atoms with Gasteiger partial charge in [-0.3, -0.25) is 18.7 Å². The van der Waals surface area contributed by atoms with Gasteiger partial charge in [0.2, 0.25) is 5.91 Å². The molecule has 2 aromatic heterocycles. The van der Waals surface area contributed by atoms with Crippen LogP contribution in [0.15, 0.2) is 34.1 Å². The minimum absolute atomic E-state index is 0.0704. The van der Waals surface area contributed by atoms with E-state index < -0.39 is 17.1 Å². The molecule has 1 amide bonds. The number of fused-ring (bicyclic) bond motifs is 1. The van der Waals surface area contributed by atoms with Crippen LogP contribution in [0, 0.1) is 5.82 Å². The Morgan fingerprint density at radius 2 is 1.97 bits per heavy atom. The first-order chi connectivity index (χ1) is 13.7. The number of hydrogen-bond donors (Lipinski definition) is 0. The van der Waals surface area contributed by atoms with E-state index in [0.29, 0.717) is 24.1 Å². The minimum atomic E-state index is -0.455. The summed E-state index contributed by atoms with van der Waals surface area (Å²) in [5.41, 5.74) is 0.00825. The number of rotatable bonds is 6. The van der Waals surface area contributed by atoms with Crippen LogP contribution < -0.4 is 11.2 Å². The van der Waals surface area contributed by atoms with E-state index in [9.17, 15) is 18.8 Å². The Morgan fingerprint density at radius 3 is 2.66 bits per heavy atom. The average molecular weight is 422 g/mol. The van der Waals surface area contributed by atoms with Crippen molar-refractivity contribution in [1.29, 1.82) is 0 Å². The SMILES string of the molecule is CN(Cc1c(F)cccc1Cl)C(=O)CCCn1cnc2c1c(=O)n(C)c(=O)n2C. The molecule has 10 heteroatoms. The summed E-state index contributed by atoms with van der Waals surface area (Å²) in [7, 11) is 4.55. The fraction of sp³-hybridized carbons (Fsp3) is 0.368. The molecule has 0 bridgehead atoms. The predicted molar refractivity (Wildman–Crippen MR) is 107 cm³/mol. The monoisotopic (exact) mass is 421 g/mol. The maximum absolute atomic E-state index is 13.9. The largest absolute Gasteiger partial charge is 0.341 e. The van der Waals surface area contributed by atoms with Crippen LogP contribution in [0.5, 0.6) is 0 Å². The summed E-state index contributed by atoms with van der Waals surface area (Å²) < 4.78 is 17.9. The van der Waals surface area contributed by atoms with Gasteiger partial charge in [-0.2, -0.15) is 0 Å². The zero-order valence-corrected chi connectivity index (χ0v) is 17.1. The number of imidazole rings is 1. The molecule has 0 N–H and O–H groups in total. The van der Waals surface area contributed by atoms with Gasteiger partial charge in [-0.1, -0.05) is 17.7 Å². The van der Waals surface area contributed by atoms with Gasteiger partial charge < -0.3 is 9.47 Å². The molecule has 0 saturated heterocycles.